The number of hydrogen-bond acceptors (Lipinski definition) is 2. The first kappa shape index (κ1) is 25.6. The van der Waals surface area contributed by atoms with E-state index in [1.807, 2.05) is 0 Å². The van der Waals surface area contributed by atoms with Gasteiger partial charge in [0.15, 0.2) is 0 Å². The highest BCUT2D eigenvalue weighted by molar-refractivity contribution is 6.06. The van der Waals surface area contributed by atoms with Crippen LogP contribution in [0.5, 0.6) is 11.5 Å². The number of nitrogens with zero attached hydrogens (tertiary/aromatic N) is 1. The Labute approximate surface area is 223 Å². The van der Waals surface area contributed by atoms with Crippen molar-refractivity contribution in [3.05, 3.63) is 83.5 Å². The van der Waals surface area contributed by atoms with Gasteiger partial charge in [0.05, 0.1) is 12.0 Å². The molecule has 3 aromatic carbocycles. The largest absolute Gasteiger partial charge is 0.468 e. The van der Waals surface area contributed by atoms with Crippen LogP contribution in [0.25, 0.3) is 0 Å². The summed E-state index contributed by atoms with van der Waals surface area (Å²) < 4.78 is 16.3. The Kier molecular flexibility index (Phi) is 5.86. The van der Waals surface area contributed by atoms with Crippen molar-refractivity contribution in [3.8, 4) is 11.5 Å². The van der Waals surface area contributed by atoms with E-state index in [0.717, 1.165) is 17.9 Å². The zero-order chi connectivity index (χ0) is 27.2. The maximum absolute atomic E-state index is 6.97. The van der Waals surface area contributed by atoms with Crippen molar-refractivity contribution >= 4 is 11.4 Å². The highest BCUT2D eigenvalue weighted by Gasteiger charge is 2.48. The van der Waals surface area contributed by atoms with Gasteiger partial charge in [-0.1, -0.05) is 0 Å². The first-order valence-electron chi connectivity index (χ1n) is 13.5. The van der Waals surface area contributed by atoms with Crippen molar-refractivity contribution in [2.45, 2.75) is 103 Å². The Bertz CT molecular complexity index is 1540. The third kappa shape index (κ3) is 3.35. The molecule has 3 heteroatoms. The van der Waals surface area contributed by atoms with Crippen LogP contribution in [0.3, 0.4) is 0 Å². The molecular weight excluding hydrogens is 454 g/mol. The minimum atomic E-state index is -0.567. The highest BCUT2D eigenvalue weighted by Crippen LogP contribution is 2.46. The van der Waals surface area contributed by atoms with Gasteiger partial charge in [-0.25, -0.2) is 0 Å². The van der Waals surface area contributed by atoms with E-state index in [1.165, 1.54) is 94.9 Å². The van der Waals surface area contributed by atoms with Gasteiger partial charge in [-0.15, -0.1) is 4.58 Å². The maximum Gasteiger partial charge on any atom is 0.468 e. The lowest BCUT2D eigenvalue weighted by Crippen LogP contribution is -2.42. The lowest BCUT2D eigenvalue weighted by atomic mass is 9.88. The van der Waals surface area contributed by atoms with Crippen LogP contribution < -0.4 is 9.47 Å². The number of ether oxygens (including phenoxy) is 2. The van der Waals surface area contributed by atoms with Gasteiger partial charge in [0.2, 0.25) is 11.4 Å². The van der Waals surface area contributed by atoms with Crippen LogP contribution in [-0.4, -0.2) is 16.7 Å². The van der Waals surface area contributed by atoms with Crippen LogP contribution in [0.15, 0.2) is 0 Å². The fourth-order valence-electron chi connectivity index (χ4n) is 6.49. The molecule has 0 fully saturated rings. The van der Waals surface area contributed by atoms with E-state index in [1.54, 1.807) is 0 Å². The van der Waals surface area contributed by atoms with Crippen molar-refractivity contribution in [1.82, 2.24) is 0 Å². The summed E-state index contributed by atoms with van der Waals surface area (Å²) in [5.41, 5.74) is 22.1. The van der Waals surface area contributed by atoms with Gasteiger partial charge in [-0.2, -0.15) is 0 Å². The van der Waals surface area contributed by atoms with Crippen LogP contribution in [0.1, 0.15) is 83.5 Å². The molecule has 0 saturated carbocycles. The fourth-order valence-corrected chi connectivity index (χ4v) is 6.49. The first-order valence-corrected chi connectivity index (χ1v) is 13.5. The molecule has 0 N–H and O–H groups in total. The summed E-state index contributed by atoms with van der Waals surface area (Å²) in [6.45, 7) is 28.9. The summed E-state index contributed by atoms with van der Waals surface area (Å²) in [6.07, 6.45) is 0.328. The molecule has 0 aromatic heterocycles. The van der Waals surface area contributed by atoms with Crippen LogP contribution in [0.4, 0.5) is 5.69 Å². The van der Waals surface area contributed by atoms with E-state index in [-0.39, 0.29) is 0 Å². The summed E-state index contributed by atoms with van der Waals surface area (Å²) in [7, 11) is 0. The monoisotopic (exact) mass is 496 g/mol. The van der Waals surface area contributed by atoms with Gasteiger partial charge >= 0.3 is 6.41 Å². The zero-order valence-electron chi connectivity index (χ0n) is 25.0. The van der Waals surface area contributed by atoms with Gasteiger partial charge in [0.1, 0.15) is 11.5 Å². The van der Waals surface area contributed by atoms with Gasteiger partial charge in [-0.3, -0.25) is 0 Å². The molecule has 1 atom stereocenters. The fraction of sp³-hybridized carbons (Fsp3) is 0.441. The predicted molar refractivity (Wildman–Crippen MR) is 154 cm³/mol. The standard InChI is InChI=1S/C34H42NO2/c1-15-19(5)25(11)32(26(12)20(15)6)36-34-35-29(14-28-22(8)16(2)18(4)24(10)31(28)35)30-23(9)17(3)21(7)27(13)33(30)37-34/h34H,14H2,1-13H3/q+1. The quantitative estimate of drug-likeness (QED) is 0.334. The first-order chi connectivity index (χ1) is 17.3. The van der Waals surface area contributed by atoms with Gasteiger partial charge in [0, 0.05) is 11.1 Å². The Morgan fingerprint density at radius 1 is 0.541 bits per heavy atom. The molecule has 2 aliphatic heterocycles. The van der Waals surface area contributed by atoms with Crippen molar-refractivity contribution in [2.24, 2.45) is 0 Å². The Balaban J connectivity index is 1.82. The molecule has 0 radical (unpaired) electrons. The second kappa shape index (κ2) is 8.48. The van der Waals surface area contributed by atoms with E-state index < -0.39 is 6.41 Å². The number of fused-ring (bicyclic) bond motifs is 4. The molecule has 0 aliphatic carbocycles. The lowest BCUT2D eigenvalue weighted by molar-refractivity contribution is -0.577. The molecular formula is C34H42NO2+. The summed E-state index contributed by atoms with van der Waals surface area (Å²) in [5, 5.41) is 0. The smallest absolute Gasteiger partial charge is 0.401 e. The van der Waals surface area contributed by atoms with Crippen molar-refractivity contribution in [3.63, 3.8) is 0 Å². The summed E-state index contributed by atoms with van der Waals surface area (Å²) in [6, 6.07) is 0. The van der Waals surface area contributed by atoms with Gasteiger partial charge in [0.25, 0.3) is 0 Å². The molecule has 5 rings (SSSR count). The van der Waals surface area contributed by atoms with E-state index in [4.69, 9.17) is 9.47 Å². The number of benzene rings is 3. The molecule has 2 heterocycles. The van der Waals surface area contributed by atoms with E-state index in [9.17, 15) is 0 Å². The number of hydrogen-bond donors (Lipinski definition) is 0. The van der Waals surface area contributed by atoms with Crippen molar-refractivity contribution < 1.29 is 14.0 Å². The van der Waals surface area contributed by atoms with E-state index in [2.05, 4.69) is 94.6 Å². The third-order valence-corrected chi connectivity index (χ3v) is 10.2. The third-order valence-electron chi connectivity index (χ3n) is 10.2. The van der Waals surface area contributed by atoms with E-state index in [0.29, 0.717) is 0 Å². The summed E-state index contributed by atoms with van der Waals surface area (Å²) in [4.78, 5) is 0. The highest BCUT2D eigenvalue weighted by atomic mass is 16.7. The normalized spacial score (nSPS) is 16.0. The zero-order valence-corrected chi connectivity index (χ0v) is 25.0. The van der Waals surface area contributed by atoms with Crippen LogP contribution in [0, 0.1) is 90.0 Å². The molecule has 1 unspecified atom stereocenters. The predicted octanol–water partition coefficient (Wildman–Crippen LogP) is 8.14. The lowest BCUT2D eigenvalue weighted by Gasteiger charge is -2.29. The molecule has 0 saturated heterocycles. The molecule has 0 amide bonds. The Morgan fingerprint density at radius 3 is 1.59 bits per heavy atom. The molecule has 3 aromatic rings. The van der Waals surface area contributed by atoms with Gasteiger partial charge < -0.3 is 9.47 Å². The number of rotatable bonds is 2. The molecule has 3 nitrogen and oxygen atoms in total. The van der Waals surface area contributed by atoms with Crippen LogP contribution >= 0.6 is 0 Å². The van der Waals surface area contributed by atoms with E-state index >= 15 is 0 Å². The average molecular weight is 497 g/mol. The van der Waals surface area contributed by atoms with Crippen molar-refractivity contribution in [1.29, 1.82) is 0 Å². The average Bonchev–Trinajstić information content (AvgIpc) is 3.29. The Hall–Kier alpha value is -3.07. The minimum absolute atomic E-state index is 0.567. The van der Waals surface area contributed by atoms with Gasteiger partial charge in [-0.05, 0) is 157 Å². The Morgan fingerprint density at radius 2 is 1.00 bits per heavy atom. The second-order valence-corrected chi connectivity index (χ2v) is 11.5. The summed E-state index contributed by atoms with van der Waals surface area (Å²) >= 11 is 0. The molecule has 194 valence electrons. The van der Waals surface area contributed by atoms with Crippen LogP contribution in [0.2, 0.25) is 0 Å². The minimum Gasteiger partial charge on any atom is -0.401 e. The topological polar surface area (TPSA) is 21.5 Å². The SMILES string of the molecule is Cc1c(C)c(C)c(OC2Oc3c(C)c(C)c(C)c(C)c3C3=[N+]2c2c(C)c(C)c(C)c(C)c2C3)c(C)c1C. The van der Waals surface area contributed by atoms with Crippen molar-refractivity contribution in [2.75, 3.05) is 0 Å². The molecule has 0 spiro atoms. The molecule has 2 aliphatic rings. The van der Waals surface area contributed by atoms with Crippen LogP contribution in [-0.2, 0) is 6.42 Å². The molecule has 0 bridgehead atoms. The maximum atomic E-state index is 6.97. The second-order valence-electron chi connectivity index (χ2n) is 11.5. The summed E-state index contributed by atoms with van der Waals surface area (Å²) in [5.74, 6) is 1.92. The molecule has 37 heavy (non-hydrogen) atoms.